The molecule has 0 heterocycles. The zero-order chi connectivity index (χ0) is 15.8. The lowest BCUT2D eigenvalue weighted by Crippen LogP contribution is -2.41. The van der Waals surface area contributed by atoms with Gasteiger partial charge in [-0.3, -0.25) is 4.79 Å². The van der Waals surface area contributed by atoms with Crippen molar-refractivity contribution in [2.45, 2.75) is 26.3 Å². The largest absolute Gasteiger partial charge is 0.490 e. The van der Waals surface area contributed by atoms with Gasteiger partial charge in [-0.05, 0) is 36.6 Å². The summed E-state index contributed by atoms with van der Waals surface area (Å²) in [6.07, 6.45) is 2.02. The van der Waals surface area contributed by atoms with Gasteiger partial charge < -0.3 is 15.2 Å². The number of carbonyl (C=O) groups is 2. The standard InChI is InChI=1S/C16H21NO4/c1-4-9-21-13-7-5-12(6-8-13)15(18)17-14(16(19)20)10-11(2)3/h4-8,11,14H,1,9-10H2,2-3H3,(H,17,18)(H,19,20). The molecule has 1 atom stereocenters. The Morgan fingerprint density at radius 3 is 2.43 bits per heavy atom. The molecule has 1 aromatic rings. The summed E-state index contributed by atoms with van der Waals surface area (Å²) in [4.78, 5) is 23.2. The van der Waals surface area contributed by atoms with Crippen LogP contribution in [0.25, 0.3) is 0 Å². The molecule has 0 aliphatic rings. The molecule has 21 heavy (non-hydrogen) atoms. The number of hydrogen-bond donors (Lipinski definition) is 2. The number of carboxylic acid groups (broad SMARTS) is 1. The second-order valence-electron chi connectivity index (χ2n) is 5.12. The van der Waals surface area contributed by atoms with Gasteiger partial charge in [-0.15, -0.1) is 0 Å². The van der Waals surface area contributed by atoms with Crippen LogP contribution in [0.15, 0.2) is 36.9 Å². The SMILES string of the molecule is C=CCOc1ccc(C(=O)NC(CC(C)C)C(=O)O)cc1. The van der Waals surface area contributed by atoms with Gasteiger partial charge in [0, 0.05) is 5.56 Å². The Bertz CT molecular complexity index is 494. The number of aliphatic carboxylic acids is 1. The van der Waals surface area contributed by atoms with E-state index in [1.165, 1.54) is 0 Å². The summed E-state index contributed by atoms with van der Waals surface area (Å²) in [7, 11) is 0. The third kappa shape index (κ3) is 5.69. The fourth-order valence-corrected chi connectivity index (χ4v) is 1.79. The minimum Gasteiger partial charge on any atom is -0.490 e. The number of hydrogen-bond acceptors (Lipinski definition) is 3. The Balaban J connectivity index is 2.69. The number of rotatable bonds is 8. The first-order valence-electron chi connectivity index (χ1n) is 6.81. The molecule has 0 aliphatic carbocycles. The highest BCUT2D eigenvalue weighted by atomic mass is 16.5. The number of carbonyl (C=O) groups excluding carboxylic acids is 1. The summed E-state index contributed by atoms with van der Waals surface area (Å²) in [5, 5.41) is 11.6. The van der Waals surface area contributed by atoms with Gasteiger partial charge in [-0.1, -0.05) is 26.5 Å². The minimum absolute atomic E-state index is 0.182. The fourth-order valence-electron chi connectivity index (χ4n) is 1.79. The molecule has 1 unspecified atom stereocenters. The van der Waals surface area contributed by atoms with Crippen LogP contribution in [0, 0.1) is 5.92 Å². The molecule has 1 aromatic carbocycles. The van der Waals surface area contributed by atoms with Gasteiger partial charge in [0.1, 0.15) is 18.4 Å². The molecule has 0 aliphatic heterocycles. The van der Waals surface area contributed by atoms with E-state index in [0.717, 1.165) is 0 Å². The summed E-state index contributed by atoms with van der Waals surface area (Å²) in [6, 6.07) is 5.64. The van der Waals surface area contributed by atoms with Crippen molar-refractivity contribution in [1.29, 1.82) is 0 Å². The Kier molecular flexibility index (Phi) is 6.46. The van der Waals surface area contributed by atoms with Crippen molar-refractivity contribution in [1.82, 2.24) is 5.32 Å². The molecule has 1 amide bonds. The van der Waals surface area contributed by atoms with Gasteiger partial charge in [-0.25, -0.2) is 4.79 Å². The predicted octanol–water partition coefficient (Wildman–Crippen LogP) is 2.48. The molecule has 0 bridgehead atoms. The van der Waals surface area contributed by atoms with Crippen LogP contribution in [0.3, 0.4) is 0 Å². The van der Waals surface area contributed by atoms with Gasteiger partial charge in [0.2, 0.25) is 0 Å². The molecule has 0 radical (unpaired) electrons. The van der Waals surface area contributed by atoms with Crippen molar-refractivity contribution in [3.05, 3.63) is 42.5 Å². The third-order valence-corrected chi connectivity index (χ3v) is 2.79. The van der Waals surface area contributed by atoms with Gasteiger partial charge in [0.05, 0.1) is 0 Å². The van der Waals surface area contributed by atoms with Crippen LogP contribution in [-0.4, -0.2) is 29.6 Å². The zero-order valence-electron chi connectivity index (χ0n) is 12.3. The molecular weight excluding hydrogens is 270 g/mol. The van der Waals surface area contributed by atoms with Crippen molar-refractivity contribution in [3.8, 4) is 5.75 Å². The van der Waals surface area contributed by atoms with Gasteiger partial charge in [0.25, 0.3) is 5.91 Å². The van der Waals surface area contributed by atoms with E-state index in [1.54, 1.807) is 30.3 Å². The molecule has 0 aromatic heterocycles. The van der Waals surface area contributed by atoms with Crippen LogP contribution in [-0.2, 0) is 4.79 Å². The van der Waals surface area contributed by atoms with Crippen LogP contribution in [0.5, 0.6) is 5.75 Å². The second kappa shape index (κ2) is 8.09. The zero-order valence-corrected chi connectivity index (χ0v) is 12.3. The van der Waals surface area contributed by atoms with E-state index >= 15 is 0 Å². The van der Waals surface area contributed by atoms with E-state index in [4.69, 9.17) is 9.84 Å². The van der Waals surface area contributed by atoms with Crippen LogP contribution in [0.1, 0.15) is 30.6 Å². The lowest BCUT2D eigenvalue weighted by atomic mass is 10.0. The average Bonchev–Trinajstić information content (AvgIpc) is 2.44. The Labute approximate surface area is 124 Å². The molecule has 2 N–H and O–H groups in total. The van der Waals surface area contributed by atoms with Crippen LogP contribution >= 0.6 is 0 Å². The van der Waals surface area contributed by atoms with Crippen molar-refractivity contribution in [2.24, 2.45) is 5.92 Å². The first-order chi connectivity index (χ1) is 9.93. The van der Waals surface area contributed by atoms with E-state index in [0.29, 0.717) is 24.3 Å². The lowest BCUT2D eigenvalue weighted by molar-refractivity contribution is -0.139. The highest BCUT2D eigenvalue weighted by Crippen LogP contribution is 2.13. The van der Waals surface area contributed by atoms with Crippen LogP contribution in [0.4, 0.5) is 0 Å². The second-order valence-corrected chi connectivity index (χ2v) is 5.12. The van der Waals surface area contributed by atoms with Crippen molar-refractivity contribution >= 4 is 11.9 Å². The van der Waals surface area contributed by atoms with Gasteiger partial charge in [-0.2, -0.15) is 0 Å². The van der Waals surface area contributed by atoms with E-state index in [2.05, 4.69) is 11.9 Å². The molecule has 1 rings (SSSR count). The summed E-state index contributed by atoms with van der Waals surface area (Å²) in [6.45, 7) is 7.76. The highest BCUT2D eigenvalue weighted by Gasteiger charge is 2.21. The molecule has 0 fully saturated rings. The summed E-state index contributed by atoms with van der Waals surface area (Å²) in [5.41, 5.74) is 0.399. The van der Waals surface area contributed by atoms with E-state index in [9.17, 15) is 9.59 Å². The van der Waals surface area contributed by atoms with Gasteiger partial charge >= 0.3 is 5.97 Å². The quantitative estimate of drug-likeness (QED) is 0.721. The van der Waals surface area contributed by atoms with E-state index in [-0.39, 0.29) is 5.92 Å². The maximum absolute atomic E-state index is 12.0. The van der Waals surface area contributed by atoms with Crippen molar-refractivity contribution in [3.63, 3.8) is 0 Å². The van der Waals surface area contributed by atoms with Crippen LogP contribution < -0.4 is 10.1 Å². The van der Waals surface area contributed by atoms with Gasteiger partial charge in [0.15, 0.2) is 0 Å². The number of amides is 1. The number of benzene rings is 1. The van der Waals surface area contributed by atoms with Crippen LogP contribution in [0.2, 0.25) is 0 Å². The summed E-state index contributed by atoms with van der Waals surface area (Å²) in [5.74, 6) is -0.620. The maximum Gasteiger partial charge on any atom is 0.326 e. The minimum atomic E-state index is -1.03. The topological polar surface area (TPSA) is 75.6 Å². The maximum atomic E-state index is 12.0. The van der Waals surface area contributed by atoms with Crippen molar-refractivity contribution in [2.75, 3.05) is 6.61 Å². The first kappa shape index (κ1) is 16.8. The fraction of sp³-hybridized carbons (Fsp3) is 0.375. The molecule has 0 saturated heterocycles. The number of nitrogens with one attached hydrogen (secondary N) is 1. The highest BCUT2D eigenvalue weighted by molar-refractivity contribution is 5.96. The normalized spacial score (nSPS) is 11.8. The number of ether oxygens (including phenoxy) is 1. The summed E-state index contributed by atoms with van der Waals surface area (Å²) >= 11 is 0. The Morgan fingerprint density at radius 1 is 1.33 bits per heavy atom. The Morgan fingerprint density at radius 2 is 1.95 bits per heavy atom. The average molecular weight is 291 g/mol. The summed E-state index contributed by atoms with van der Waals surface area (Å²) < 4.78 is 5.32. The molecular formula is C16H21NO4. The predicted molar refractivity (Wildman–Crippen MR) is 80.5 cm³/mol. The number of carboxylic acids is 1. The lowest BCUT2D eigenvalue weighted by Gasteiger charge is -2.16. The molecule has 0 saturated carbocycles. The smallest absolute Gasteiger partial charge is 0.326 e. The monoisotopic (exact) mass is 291 g/mol. The molecule has 5 nitrogen and oxygen atoms in total. The third-order valence-electron chi connectivity index (χ3n) is 2.79. The Hall–Kier alpha value is -2.30. The van der Waals surface area contributed by atoms with E-state index in [1.807, 2.05) is 13.8 Å². The molecule has 5 heteroatoms. The molecule has 114 valence electrons. The van der Waals surface area contributed by atoms with E-state index < -0.39 is 17.9 Å². The van der Waals surface area contributed by atoms with Crippen molar-refractivity contribution < 1.29 is 19.4 Å². The molecule has 0 spiro atoms. The first-order valence-corrected chi connectivity index (χ1v) is 6.81.